The average Bonchev–Trinajstić information content (AvgIpc) is 2.27. The summed E-state index contributed by atoms with van der Waals surface area (Å²) in [6.07, 6.45) is 1.40. The summed E-state index contributed by atoms with van der Waals surface area (Å²) in [5.41, 5.74) is 5.05. The van der Waals surface area contributed by atoms with Crippen LogP contribution in [-0.2, 0) is 4.79 Å². The number of nitrogen functional groups attached to an aromatic ring is 1. The molecule has 0 atom stereocenters. The van der Waals surface area contributed by atoms with Gasteiger partial charge < -0.3 is 11.1 Å². The predicted octanol–water partition coefficient (Wildman–Crippen LogP) is 1.17. The Morgan fingerprint density at radius 3 is 2.61 bits per heavy atom. The highest BCUT2D eigenvalue weighted by molar-refractivity contribution is 9.10. The minimum absolute atomic E-state index is 0.00563. The van der Waals surface area contributed by atoms with E-state index in [9.17, 15) is 9.59 Å². The molecular formula is C11H15BrN4O2. The van der Waals surface area contributed by atoms with Gasteiger partial charge in [-0.15, -0.1) is 0 Å². The second kappa shape index (κ2) is 5.43. The number of halogens is 1. The molecular weight excluding hydrogens is 300 g/mol. The van der Waals surface area contributed by atoms with Crippen LogP contribution in [0.1, 0.15) is 31.3 Å². The van der Waals surface area contributed by atoms with E-state index in [1.807, 2.05) is 0 Å². The summed E-state index contributed by atoms with van der Waals surface area (Å²) in [5, 5.41) is 2.48. The molecule has 1 aromatic heterocycles. The van der Waals surface area contributed by atoms with Gasteiger partial charge in [-0.2, -0.15) is 0 Å². The molecule has 1 rings (SSSR count). The van der Waals surface area contributed by atoms with Gasteiger partial charge in [0.2, 0.25) is 0 Å². The maximum atomic E-state index is 11.8. The number of aromatic nitrogens is 2. The summed E-state index contributed by atoms with van der Waals surface area (Å²) in [4.78, 5) is 31.2. The number of Topliss-reactive ketones (excluding diaryl/α,β-unsaturated/α-hetero) is 1. The number of hydrogen-bond acceptors (Lipinski definition) is 5. The molecule has 0 aromatic carbocycles. The number of amides is 1. The van der Waals surface area contributed by atoms with Gasteiger partial charge in [0.15, 0.2) is 17.3 Å². The molecule has 0 bridgehead atoms. The largest absolute Gasteiger partial charge is 0.382 e. The van der Waals surface area contributed by atoms with E-state index < -0.39 is 11.3 Å². The van der Waals surface area contributed by atoms with Gasteiger partial charge in [0.25, 0.3) is 5.91 Å². The van der Waals surface area contributed by atoms with Crippen LogP contribution >= 0.6 is 15.9 Å². The lowest BCUT2D eigenvalue weighted by Gasteiger charge is -2.16. The van der Waals surface area contributed by atoms with Crippen LogP contribution in [0.5, 0.6) is 0 Å². The highest BCUT2D eigenvalue weighted by atomic mass is 79.9. The zero-order valence-corrected chi connectivity index (χ0v) is 12.0. The van der Waals surface area contributed by atoms with Crippen molar-refractivity contribution >= 4 is 33.4 Å². The Hall–Kier alpha value is -1.50. The number of nitrogens with one attached hydrogen (secondary N) is 1. The van der Waals surface area contributed by atoms with Crippen molar-refractivity contribution in [2.24, 2.45) is 5.41 Å². The second-order valence-corrected chi connectivity index (χ2v) is 5.59. The number of carbonyl (C=O) groups is 2. The summed E-state index contributed by atoms with van der Waals surface area (Å²) < 4.78 is 0.406. The quantitative estimate of drug-likeness (QED) is 0.872. The molecule has 98 valence electrons. The molecule has 1 amide bonds. The molecule has 0 aliphatic carbocycles. The molecule has 18 heavy (non-hydrogen) atoms. The van der Waals surface area contributed by atoms with Crippen LogP contribution in [0, 0.1) is 5.41 Å². The Balaban J connectivity index is 2.72. The van der Waals surface area contributed by atoms with Crippen molar-refractivity contribution in [3.8, 4) is 0 Å². The van der Waals surface area contributed by atoms with Gasteiger partial charge in [-0.3, -0.25) is 9.59 Å². The number of hydrogen-bond donors (Lipinski definition) is 2. The molecule has 0 saturated heterocycles. The zero-order valence-electron chi connectivity index (χ0n) is 10.5. The summed E-state index contributed by atoms with van der Waals surface area (Å²) >= 11 is 3.10. The molecule has 0 aliphatic rings. The lowest BCUT2D eigenvalue weighted by molar-refractivity contribution is -0.125. The number of carbonyl (C=O) groups excluding carboxylic acids is 2. The predicted molar refractivity (Wildman–Crippen MR) is 70.9 cm³/mol. The monoisotopic (exact) mass is 314 g/mol. The molecule has 0 unspecified atom stereocenters. The van der Waals surface area contributed by atoms with E-state index in [1.54, 1.807) is 20.8 Å². The maximum Gasteiger partial charge on any atom is 0.274 e. The highest BCUT2D eigenvalue weighted by Gasteiger charge is 2.22. The third-order valence-electron chi connectivity index (χ3n) is 2.23. The first-order chi connectivity index (χ1) is 8.21. The van der Waals surface area contributed by atoms with Crippen molar-refractivity contribution in [2.75, 3.05) is 12.3 Å². The van der Waals surface area contributed by atoms with E-state index >= 15 is 0 Å². The van der Waals surface area contributed by atoms with Gasteiger partial charge >= 0.3 is 0 Å². The van der Waals surface area contributed by atoms with Crippen LogP contribution in [0.15, 0.2) is 10.8 Å². The smallest absolute Gasteiger partial charge is 0.274 e. The first-order valence-electron chi connectivity index (χ1n) is 5.31. The Morgan fingerprint density at radius 1 is 1.44 bits per heavy atom. The molecule has 0 fully saturated rings. The number of nitrogens with zero attached hydrogens (tertiary/aromatic N) is 2. The molecule has 0 radical (unpaired) electrons. The van der Waals surface area contributed by atoms with E-state index in [1.165, 1.54) is 6.20 Å². The van der Waals surface area contributed by atoms with E-state index in [0.717, 1.165) is 0 Å². The first kappa shape index (κ1) is 14.6. The van der Waals surface area contributed by atoms with Crippen molar-refractivity contribution < 1.29 is 9.59 Å². The Kier molecular flexibility index (Phi) is 4.39. The SMILES string of the molecule is CC(C)(C)C(=O)CNC(=O)c1nc(Br)cnc1N. The van der Waals surface area contributed by atoms with Crippen molar-refractivity contribution in [2.45, 2.75) is 20.8 Å². The lowest BCUT2D eigenvalue weighted by atomic mass is 9.91. The number of nitrogens with two attached hydrogens (primary N) is 1. The third kappa shape index (κ3) is 3.76. The molecule has 3 N–H and O–H groups in total. The zero-order chi connectivity index (χ0) is 13.9. The maximum absolute atomic E-state index is 11.8. The van der Waals surface area contributed by atoms with Gasteiger partial charge in [0, 0.05) is 5.41 Å². The Morgan fingerprint density at radius 2 is 2.06 bits per heavy atom. The Labute approximate surface area is 114 Å². The lowest BCUT2D eigenvalue weighted by Crippen LogP contribution is -2.36. The van der Waals surface area contributed by atoms with Gasteiger partial charge in [0.05, 0.1) is 12.7 Å². The van der Waals surface area contributed by atoms with Crippen LogP contribution in [0.2, 0.25) is 0 Å². The topological polar surface area (TPSA) is 98.0 Å². The summed E-state index contributed by atoms with van der Waals surface area (Å²) in [7, 11) is 0. The van der Waals surface area contributed by atoms with Gasteiger partial charge in [-0.05, 0) is 15.9 Å². The Bertz CT molecular complexity index is 482. The first-order valence-corrected chi connectivity index (χ1v) is 6.10. The fraction of sp³-hybridized carbons (Fsp3) is 0.455. The van der Waals surface area contributed by atoms with Crippen molar-refractivity contribution in [1.82, 2.24) is 15.3 Å². The fourth-order valence-corrected chi connectivity index (χ4v) is 1.33. The van der Waals surface area contributed by atoms with Crippen LogP contribution in [0.25, 0.3) is 0 Å². The summed E-state index contributed by atoms with van der Waals surface area (Å²) in [6.45, 7) is 5.30. The molecule has 7 heteroatoms. The molecule has 1 heterocycles. The van der Waals surface area contributed by atoms with Crippen molar-refractivity contribution in [3.05, 3.63) is 16.5 Å². The molecule has 0 aliphatic heterocycles. The number of anilines is 1. The van der Waals surface area contributed by atoms with Gasteiger partial charge in [0.1, 0.15) is 4.60 Å². The van der Waals surface area contributed by atoms with E-state index in [0.29, 0.717) is 4.60 Å². The number of rotatable bonds is 3. The minimum atomic E-state index is -0.515. The minimum Gasteiger partial charge on any atom is -0.382 e. The molecule has 1 aromatic rings. The van der Waals surface area contributed by atoms with Crippen molar-refractivity contribution in [1.29, 1.82) is 0 Å². The van der Waals surface area contributed by atoms with Crippen LogP contribution in [-0.4, -0.2) is 28.2 Å². The van der Waals surface area contributed by atoms with Crippen LogP contribution in [0.3, 0.4) is 0 Å². The molecule has 0 spiro atoms. The molecule has 0 saturated carbocycles. The van der Waals surface area contributed by atoms with Gasteiger partial charge in [-0.1, -0.05) is 20.8 Å². The highest BCUT2D eigenvalue weighted by Crippen LogP contribution is 2.14. The third-order valence-corrected chi connectivity index (χ3v) is 2.61. The van der Waals surface area contributed by atoms with E-state index in [-0.39, 0.29) is 23.8 Å². The summed E-state index contributed by atoms with van der Waals surface area (Å²) in [5.74, 6) is -0.560. The standard InChI is InChI=1S/C11H15BrN4O2/c1-11(2,3)6(17)4-15-10(18)8-9(13)14-5-7(12)16-8/h5H,4H2,1-3H3,(H2,13,14)(H,15,18). The van der Waals surface area contributed by atoms with E-state index in [2.05, 4.69) is 31.2 Å². The van der Waals surface area contributed by atoms with Crippen molar-refractivity contribution in [3.63, 3.8) is 0 Å². The van der Waals surface area contributed by atoms with E-state index in [4.69, 9.17) is 5.73 Å². The fourth-order valence-electron chi connectivity index (χ4n) is 1.05. The average molecular weight is 315 g/mol. The van der Waals surface area contributed by atoms with Gasteiger partial charge in [-0.25, -0.2) is 9.97 Å². The van der Waals surface area contributed by atoms with Crippen LogP contribution in [0.4, 0.5) is 5.82 Å². The normalized spacial score (nSPS) is 11.1. The molecule has 6 nitrogen and oxygen atoms in total. The summed E-state index contributed by atoms with van der Waals surface area (Å²) in [6, 6.07) is 0. The second-order valence-electron chi connectivity index (χ2n) is 4.78. The van der Waals surface area contributed by atoms with Crippen LogP contribution < -0.4 is 11.1 Å². The number of ketones is 1.